The van der Waals surface area contributed by atoms with E-state index in [-0.39, 0.29) is 23.4 Å². The SMILES string of the molecule is NC(=O)c1c(-c2cccc(F)c2)nn2c1CN(C(=O)CC13CCC(C(F)F)(CC1)CC3)CC2. The lowest BCUT2D eigenvalue weighted by atomic mass is 9.53. The first-order valence-corrected chi connectivity index (χ1v) is 11.4. The van der Waals surface area contributed by atoms with Crippen molar-refractivity contribution >= 4 is 11.8 Å². The van der Waals surface area contributed by atoms with Crippen molar-refractivity contribution in [2.24, 2.45) is 16.6 Å². The largest absolute Gasteiger partial charge is 0.365 e. The Morgan fingerprint density at radius 3 is 2.39 bits per heavy atom. The first kappa shape index (κ1) is 22.0. The van der Waals surface area contributed by atoms with Gasteiger partial charge < -0.3 is 10.6 Å². The number of aromatic nitrogens is 2. The molecule has 176 valence electrons. The molecule has 0 spiro atoms. The molecule has 9 heteroatoms. The Morgan fingerprint density at radius 2 is 1.79 bits per heavy atom. The average Bonchev–Trinajstić information content (AvgIpc) is 3.19. The van der Waals surface area contributed by atoms with E-state index in [0.29, 0.717) is 75.0 Å². The van der Waals surface area contributed by atoms with Crippen LogP contribution in [0, 0.1) is 16.6 Å². The van der Waals surface area contributed by atoms with Crippen LogP contribution in [-0.4, -0.2) is 39.5 Å². The third-order valence-corrected chi connectivity index (χ3v) is 8.13. The number of hydrogen-bond acceptors (Lipinski definition) is 3. The van der Waals surface area contributed by atoms with Gasteiger partial charge in [0.2, 0.25) is 12.3 Å². The highest BCUT2D eigenvalue weighted by atomic mass is 19.3. The lowest BCUT2D eigenvalue weighted by Gasteiger charge is -2.53. The van der Waals surface area contributed by atoms with Crippen LogP contribution in [0.3, 0.4) is 0 Å². The normalized spacial score (nSPS) is 26.5. The van der Waals surface area contributed by atoms with Crippen molar-refractivity contribution in [1.29, 1.82) is 0 Å². The van der Waals surface area contributed by atoms with Gasteiger partial charge in [-0.2, -0.15) is 5.10 Å². The van der Waals surface area contributed by atoms with Gasteiger partial charge in [0.15, 0.2) is 0 Å². The van der Waals surface area contributed by atoms with E-state index in [1.165, 1.54) is 12.1 Å². The van der Waals surface area contributed by atoms with Gasteiger partial charge in [0.05, 0.1) is 24.3 Å². The smallest absolute Gasteiger partial charge is 0.252 e. The summed E-state index contributed by atoms with van der Waals surface area (Å²) in [4.78, 5) is 27.3. The first-order chi connectivity index (χ1) is 15.7. The molecule has 0 radical (unpaired) electrons. The van der Waals surface area contributed by atoms with Crippen molar-refractivity contribution in [3.8, 4) is 11.3 Å². The van der Waals surface area contributed by atoms with Gasteiger partial charge >= 0.3 is 0 Å². The number of halogens is 3. The Bertz CT molecular complexity index is 1090. The molecule has 2 aromatic rings. The first-order valence-electron chi connectivity index (χ1n) is 11.4. The fraction of sp³-hybridized carbons (Fsp3) is 0.542. The third kappa shape index (κ3) is 3.71. The number of carbonyl (C=O) groups is 2. The monoisotopic (exact) mass is 460 g/mol. The number of primary amides is 1. The maximum absolute atomic E-state index is 13.8. The third-order valence-electron chi connectivity index (χ3n) is 8.13. The van der Waals surface area contributed by atoms with Crippen LogP contribution in [-0.2, 0) is 17.9 Å². The van der Waals surface area contributed by atoms with Gasteiger partial charge in [0, 0.05) is 23.9 Å². The van der Waals surface area contributed by atoms with Crippen molar-refractivity contribution in [1.82, 2.24) is 14.7 Å². The molecule has 4 aliphatic rings. The summed E-state index contributed by atoms with van der Waals surface area (Å²) in [6, 6.07) is 5.82. The summed E-state index contributed by atoms with van der Waals surface area (Å²) < 4.78 is 42.5. The van der Waals surface area contributed by atoms with Crippen molar-refractivity contribution in [2.75, 3.05) is 6.54 Å². The summed E-state index contributed by atoms with van der Waals surface area (Å²) in [7, 11) is 0. The number of nitrogens with zero attached hydrogens (tertiary/aromatic N) is 3. The van der Waals surface area contributed by atoms with Gasteiger partial charge in [-0.3, -0.25) is 14.3 Å². The molecular weight excluding hydrogens is 433 g/mol. The highest BCUT2D eigenvalue weighted by molar-refractivity contribution is 6.00. The topological polar surface area (TPSA) is 81.2 Å². The standard InChI is InChI=1S/C24H27F3N4O2/c25-16-3-1-2-15(12-16)20-19(21(28)33)17-14-30(10-11-31(17)29-20)18(32)13-23-4-7-24(8-5-23,9-6-23)22(26)27/h1-3,12,22H,4-11,13-14H2,(H2,28,33). The van der Waals surface area contributed by atoms with Gasteiger partial charge in [0.25, 0.3) is 5.91 Å². The van der Waals surface area contributed by atoms with Gasteiger partial charge in [-0.15, -0.1) is 0 Å². The van der Waals surface area contributed by atoms with Gasteiger partial charge in [-0.1, -0.05) is 12.1 Å². The fourth-order valence-corrected chi connectivity index (χ4v) is 5.94. The Kier molecular flexibility index (Phi) is 5.25. The Balaban J connectivity index is 1.35. The maximum atomic E-state index is 13.8. The molecule has 6 rings (SSSR count). The molecule has 1 aliphatic heterocycles. The van der Waals surface area contributed by atoms with Crippen LogP contribution in [0.15, 0.2) is 24.3 Å². The summed E-state index contributed by atoms with van der Waals surface area (Å²) in [5, 5.41) is 4.49. The molecule has 2 amide bonds. The molecule has 0 saturated heterocycles. The van der Waals surface area contributed by atoms with Crippen molar-refractivity contribution in [3.63, 3.8) is 0 Å². The van der Waals surface area contributed by atoms with Gasteiger partial charge in [-0.05, 0) is 56.1 Å². The van der Waals surface area contributed by atoms with Crippen LogP contribution in [0.4, 0.5) is 13.2 Å². The number of rotatable bonds is 5. The van der Waals surface area contributed by atoms with Crippen molar-refractivity contribution in [2.45, 2.75) is 64.5 Å². The van der Waals surface area contributed by atoms with E-state index in [4.69, 9.17) is 5.73 Å². The number of carbonyl (C=O) groups excluding carboxylic acids is 2. The van der Waals surface area contributed by atoms with Crippen LogP contribution < -0.4 is 5.73 Å². The lowest BCUT2D eigenvalue weighted by molar-refractivity contribution is -0.143. The second kappa shape index (κ2) is 7.88. The quantitative estimate of drug-likeness (QED) is 0.729. The van der Waals surface area contributed by atoms with Gasteiger partial charge in [0.1, 0.15) is 11.5 Å². The molecule has 0 atom stereocenters. The highest BCUT2D eigenvalue weighted by Crippen LogP contribution is 2.60. The fourth-order valence-electron chi connectivity index (χ4n) is 5.94. The van der Waals surface area contributed by atoms with Crippen LogP contribution in [0.5, 0.6) is 0 Å². The number of alkyl halides is 2. The maximum Gasteiger partial charge on any atom is 0.252 e. The molecule has 2 bridgehead atoms. The lowest BCUT2D eigenvalue weighted by Crippen LogP contribution is -2.48. The van der Waals surface area contributed by atoms with Crippen LogP contribution in [0.2, 0.25) is 0 Å². The molecule has 3 aliphatic carbocycles. The summed E-state index contributed by atoms with van der Waals surface area (Å²) in [6.07, 6.45) is 1.45. The van der Waals surface area contributed by atoms with Crippen LogP contribution >= 0.6 is 0 Å². The molecule has 1 aromatic heterocycles. The van der Waals surface area contributed by atoms with Crippen LogP contribution in [0.1, 0.15) is 61.0 Å². The molecule has 2 N–H and O–H groups in total. The van der Waals surface area contributed by atoms with E-state index < -0.39 is 23.6 Å². The summed E-state index contributed by atoms with van der Waals surface area (Å²) in [5.41, 5.74) is 6.12. The van der Waals surface area contributed by atoms with E-state index in [1.807, 2.05) is 0 Å². The molecule has 3 saturated carbocycles. The average molecular weight is 461 g/mol. The predicted molar refractivity (Wildman–Crippen MR) is 115 cm³/mol. The second-order valence-corrected chi connectivity index (χ2v) is 9.92. The molecule has 2 heterocycles. The van der Waals surface area contributed by atoms with Crippen LogP contribution in [0.25, 0.3) is 11.3 Å². The number of hydrogen-bond donors (Lipinski definition) is 1. The van der Waals surface area contributed by atoms with E-state index in [0.717, 1.165) is 0 Å². The van der Waals surface area contributed by atoms with E-state index in [1.54, 1.807) is 21.7 Å². The molecular formula is C24H27F3N4O2. The number of nitrogens with two attached hydrogens (primary N) is 1. The second-order valence-electron chi connectivity index (χ2n) is 9.92. The molecule has 0 unspecified atom stereocenters. The molecule has 6 nitrogen and oxygen atoms in total. The Labute approximate surface area is 189 Å². The zero-order valence-electron chi connectivity index (χ0n) is 18.3. The Hall–Kier alpha value is -2.84. The van der Waals surface area contributed by atoms with E-state index in [2.05, 4.69) is 5.10 Å². The zero-order valence-corrected chi connectivity index (χ0v) is 18.3. The summed E-state index contributed by atoms with van der Waals surface area (Å²) in [6.45, 7) is 1.03. The minimum Gasteiger partial charge on any atom is -0.365 e. The number of fused-ring (bicyclic) bond motifs is 4. The summed E-state index contributed by atoms with van der Waals surface area (Å²) in [5.74, 6) is -1.15. The highest BCUT2D eigenvalue weighted by Gasteiger charge is 2.53. The van der Waals surface area contributed by atoms with E-state index in [9.17, 15) is 22.8 Å². The molecule has 33 heavy (non-hydrogen) atoms. The molecule has 3 fully saturated rings. The minimum atomic E-state index is -2.30. The number of benzene rings is 1. The summed E-state index contributed by atoms with van der Waals surface area (Å²) >= 11 is 0. The predicted octanol–water partition coefficient (Wildman–Crippen LogP) is 4.13. The van der Waals surface area contributed by atoms with Crippen molar-refractivity contribution < 1.29 is 22.8 Å². The molecule has 1 aromatic carbocycles. The van der Waals surface area contributed by atoms with Gasteiger partial charge in [-0.25, -0.2) is 13.2 Å². The Morgan fingerprint density at radius 1 is 1.09 bits per heavy atom. The number of amides is 2. The zero-order chi connectivity index (χ0) is 23.4. The minimum absolute atomic E-state index is 0.0309. The van der Waals surface area contributed by atoms with E-state index >= 15 is 0 Å². The van der Waals surface area contributed by atoms with Crippen molar-refractivity contribution in [3.05, 3.63) is 41.3 Å².